The zero-order valence-corrected chi connectivity index (χ0v) is 18.9. The fourth-order valence-electron chi connectivity index (χ4n) is 3.20. The second-order valence-electron chi connectivity index (χ2n) is 6.43. The fourth-order valence-corrected chi connectivity index (χ4v) is 7.16. The van der Waals surface area contributed by atoms with Gasteiger partial charge in [-0.15, -0.1) is 0 Å². The molecule has 156 valence electrons. The zero-order chi connectivity index (χ0) is 21.6. The summed E-state index contributed by atoms with van der Waals surface area (Å²) in [6, 6.07) is 27.8. The molecule has 0 amide bonds. The number of carbonyl (C=O) groups excluding carboxylic acids is 1. The van der Waals surface area contributed by atoms with Crippen LogP contribution < -0.4 is 15.9 Å². The van der Waals surface area contributed by atoms with E-state index in [9.17, 15) is 9.36 Å². The summed E-state index contributed by atoms with van der Waals surface area (Å²) < 4.78 is 29.3. The van der Waals surface area contributed by atoms with E-state index in [4.69, 9.17) is 13.8 Å². The molecular formula is C23H24O5P2. The van der Waals surface area contributed by atoms with Crippen molar-refractivity contribution in [2.45, 2.75) is 12.8 Å². The van der Waals surface area contributed by atoms with Crippen molar-refractivity contribution in [3.05, 3.63) is 90.5 Å². The van der Waals surface area contributed by atoms with Crippen LogP contribution in [0.4, 0.5) is 0 Å². The maximum Gasteiger partial charge on any atom is 0.375 e. The summed E-state index contributed by atoms with van der Waals surface area (Å²) in [5.74, 6) is -1.73. The molecule has 0 fully saturated rings. The van der Waals surface area contributed by atoms with Gasteiger partial charge in [0.15, 0.2) is 0 Å². The molecule has 0 heterocycles. The molecule has 1 unspecified atom stereocenters. The third-order valence-electron chi connectivity index (χ3n) is 4.55. The highest BCUT2D eigenvalue weighted by Crippen LogP contribution is 2.61. The van der Waals surface area contributed by atoms with Crippen molar-refractivity contribution >= 4 is 37.4 Å². The van der Waals surface area contributed by atoms with E-state index >= 15 is 0 Å². The highest BCUT2D eigenvalue weighted by molar-refractivity contribution is 7.80. The largest absolute Gasteiger partial charge is 0.445 e. The van der Waals surface area contributed by atoms with Crippen LogP contribution in [0.3, 0.4) is 0 Å². The maximum atomic E-state index is 13.3. The minimum absolute atomic E-state index is 0.562. The first-order chi connectivity index (χ1) is 14.5. The third kappa shape index (κ3) is 4.88. The Morgan fingerprint density at radius 1 is 0.800 bits per heavy atom. The molecule has 3 rings (SSSR count). The first-order valence-corrected chi connectivity index (χ1v) is 12.3. The highest BCUT2D eigenvalue weighted by Gasteiger charge is 2.40. The predicted octanol–water partition coefficient (Wildman–Crippen LogP) is 4.49. The van der Waals surface area contributed by atoms with Crippen LogP contribution in [0.1, 0.15) is 18.3 Å². The average Bonchev–Trinajstić information content (AvgIpc) is 2.79. The van der Waals surface area contributed by atoms with Gasteiger partial charge in [0.2, 0.25) is 5.85 Å². The number of carbonyl (C=O) groups is 1. The van der Waals surface area contributed by atoms with E-state index in [0.717, 1.165) is 15.9 Å². The number of benzene rings is 3. The molecule has 30 heavy (non-hydrogen) atoms. The van der Waals surface area contributed by atoms with Crippen LogP contribution in [0.2, 0.25) is 0 Å². The van der Waals surface area contributed by atoms with Crippen molar-refractivity contribution in [1.29, 1.82) is 0 Å². The molecule has 5 nitrogen and oxygen atoms in total. The summed E-state index contributed by atoms with van der Waals surface area (Å²) in [4.78, 5) is 11.9. The summed E-state index contributed by atoms with van der Waals surface area (Å²) in [7, 11) is -2.17. The smallest absolute Gasteiger partial charge is 0.375 e. The number of esters is 1. The Bertz CT molecular complexity index is 977. The van der Waals surface area contributed by atoms with Gasteiger partial charge in [0, 0.05) is 26.7 Å². The molecule has 0 aliphatic heterocycles. The van der Waals surface area contributed by atoms with Gasteiger partial charge in [-0.1, -0.05) is 84.9 Å². The van der Waals surface area contributed by atoms with Gasteiger partial charge in [0.1, 0.15) is 0 Å². The maximum absolute atomic E-state index is 13.3. The monoisotopic (exact) mass is 442 g/mol. The number of ether oxygens (including phenoxy) is 1. The van der Waals surface area contributed by atoms with E-state index < -0.39 is 27.3 Å². The average molecular weight is 442 g/mol. The lowest BCUT2D eigenvalue weighted by molar-refractivity contribution is -0.143. The molecule has 0 aromatic heterocycles. The number of rotatable bonds is 8. The molecule has 3 aromatic carbocycles. The lowest BCUT2D eigenvalue weighted by Gasteiger charge is -2.28. The van der Waals surface area contributed by atoms with Gasteiger partial charge in [0.25, 0.3) is 0 Å². The van der Waals surface area contributed by atoms with Crippen LogP contribution in [-0.4, -0.2) is 20.2 Å². The Kier molecular flexibility index (Phi) is 7.58. The van der Waals surface area contributed by atoms with Crippen LogP contribution >= 0.6 is 15.5 Å². The van der Waals surface area contributed by atoms with E-state index in [1.165, 1.54) is 21.1 Å². The van der Waals surface area contributed by atoms with Gasteiger partial charge >= 0.3 is 13.6 Å². The van der Waals surface area contributed by atoms with E-state index in [-0.39, 0.29) is 0 Å². The molecule has 0 bridgehead atoms. The van der Waals surface area contributed by atoms with Crippen LogP contribution in [0.25, 0.3) is 0 Å². The van der Waals surface area contributed by atoms with E-state index in [0.29, 0.717) is 5.56 Å². The van der Waals surface area contributed by atoms with Gasteiger partial charge in [-0.2, -0.15) is 0 Å². The minimum Gasteiger partial charge on any atom is -0.445 e. The van der Waals surface area contributed by atoms with E-state index in [1.54, 1.807) is 0 Å². The fraction of sp³-hybridized carbons (Fsp3) is 0.174. The standard InChI is InChI=1S/C23H24O5P2/c1-18(24)28-23(30(25,26-2)27-3)21-16-10-11-17-22(21)29(19-12-6-4-7-13-19)20-14-8-5-9-15-20/h4-17,23H,1-3H3. The molecule has 0 spiro atoms. The van der Waals surface area contributed by atoms with Crippen molar-refractivity contribution in [2.24, 2.45) is 0 Å². The molecule has 0 saturated heterocycles. The molecule has 0 aliphatic carbocycles. The van der Waals surface area contributed by atoms with Gasteiger partial charge in [0.05, 0.1) is 0 Å². The van der Waals surface area contributed by atoms with E-state index in [2.05, 4.69) is 24.3 Å². The lowest BCUT2D eigenvalue weighted by atomic mass is 10.2. The number of hydrogen-bond donors (Lipinski definition) is 0. The first kappa shape index (κ1) is 22.4. The molecular weight excluding hydrogens is 418 g/mol. The van der Waals surface area contributed by atoms with Gasteiger partial charge < -0.3 is 13.8 Å². The van der Waals surface area contributed by atoms with Crippen molar-refractivity contribution < 1.29 is 23.1 Å². The van der Waals surface area contributed by atoms with Gasteiger partial charge in [-0.3, -0.25) is 9.36 Å². The molecule has 0 saturated carbocycles. The van der Waals surface area contributed by atoms with Gasteiger partial charge in [-0.05, 0) is 23.8 Å². The second-order valence-corrected chi connectivity index (χ2v) is 10.9. The van der Waals surface area contributed by atoms with Crippen LogP contribution in [0.15, 0.2) is 84.9 Å². The van der Waals surface area contributed by atoms with Crippen molar-refractivity contribution in [3.63, 3.8) is 0 Å². The zero-order valence-electron chi connectivity index (χ0n) is 17.1. The molecule has 1 atom stereocenters. The normalized spacial score (nSPS) is 12.5. The summed E-state index contributed by atoms with van der Waals surface area (Å²) >= 11 is 0. The van der Waals surface area contributed by atoms with Crippen LogP contribution in [0, 0.1) is 0 Å². The molecule has 3 aromatic rings. The van der Waals surface area contributed by atoms with Crippen molar-refractivity contribution in [2.75, 3.05) is 14.2 Å². The predicted molar refractivity (Wildman–Crippen MR) is 121 cm³/mol. The molecule has 0 radical (unpaired) electrons. The Morgan fingerprint density at radius 2 is 1.27 bits per heavy atom. The van der Waals surface area contributed by atoms with Crippen LogP contribution in [0.5, 0.6) is 0 Å². The van der Waals surface area contributed by atoms with Crippen molar-refractivity contribution in [1.82, 2.24) is 0 Å². The quantitative estimate of drug-likeness (QED) is 0.380. The van der Waals surface area contributed by atoms with E-state index in [1.807, 2.05) is 60.7 Å². The number of hydrogen-bond acceptors (Lipinski definition) is 5. The topological polar surface area (TPSA) is 61.8 Å². The summed E-state index contributed by atoms with van der Waals surface area (Å²) in [6.45, 7) is 1.28. The summed E-state index contributed by atoms with van der Waals surface area (Å²) in [5, 5.41) is 3.17. The highest BCUT2D eigenvalue weighted by atomic mass is 31.2. The lowest BCUT2D eigenvalue weighted by Crippen LogP contribution is -2.26. The minimum atomic E-state index is -3.75. The Hall–Kier alpha value is -2.29. The molecule has 0 aliphatic rings. The summed E-state index contributed by atoms with van der Waals surface area (Å²) in [6.07, 6.45) is 0. The van der Waals surface area contributed by atoms with Crippen molar-refractivity contribution in [3.8, 4) is 0 Å². The summed E-state index contributed by atoms with van der Waals surface area (Å²) in [5.41, 5.74) is 0.610. The Morgan fingerprint density at radius 3 is 1.73 bits per heavy atom. The Balaban J connectivity index is 2.24. The second kappa shape index (κ2) is 10.1. The molecule has 7 heteroatoms. The van der Waals surface area contributed by atoms with Crippen LogP contribution in [-0.2, 0) is 23.1 Å². The Labute approximate surface area is 178 Å². The first-order valence-electron chi connectivity index (χ1n) is 9.37. The third-order valence-corrected chi connectivity index (χ3v) is 9.04. The van der Waals surface area contributed by atoms with Gasteiger partial charge in [-0.25, -0.2) is 0 Å². The SMILES string of the molecule is COP(=O)(OC)C(OC(C)=O)c1ccccc1P(c1ccccc1)c1ccccc1. The molecule has 0 N–H and O–H groups in total.